The molecule has 5 heteroatoms. The molecule has 0 aromatic carbocycles. The Bertz CT molecular complexity index is 397. The van der Waals surface area contributed by atoms with Crippen LogP contribution in [-0.4, -0.2) is 34.4 Å². The summed E-state index contributed by atoms with van der Waals surface area (Å²) in [5.74, 6) is -0.280. The smallest absolute Gasteiger partial charge is 0.356 e. The third-order valence-electron chi connectivity index (χ3n) is 3.60. The molecule has 1 aromatic rings. The van der Waals surface area contributed by atoms with Crippen LogP contribution in [0.2, 0.25) is 0 Å². The highest BCUT2D eigenvalue weighted by Gasteiger charge is 2.18. The molecule has 0 bridgehead atoms. The Balaban J connectivity index is 2.07. The minimum Gasteiger partial charge on any atom is -0.476 e. The molecule has 1 saturated carbocycles. The maximum absolute atomic E-state index is 10.7. The normalized spacial score (nSPS) is 17.2. The van der Waals surface area contributed by atoms with Crippen LogP contribution >= 0.6 is 0 Å². The van der Waals surface area contributed by atoms with Crippen molar-refractivity contribution < 1.29 is 9.90 Å². The third-order valence-corrected chi connectivity index (χ3v) is 3.60. The van der Waals surface area contributed by atoms with Crippen molar-refractivity contribution in [3.8, 4) is 0 Å². The zero-order chi connectivity index (χ0) is 13.0. The van der Waals surface area contributed by atoms with Crippen molar-refractivity contribution in [3.05, 3.63) is 17.8 Å². The number of aromatic nitrogens is 2. The number of carboxylic acid groups (broad SMARTS) is 1. The van der Waals surface area contributed by atoms with Gasteiger partial charge in [0.1, 0.15) is 0 Å². The molecule has 0 spiro atoms. The van der Waals surface area contributed by atoms with Crippen LogP contribution in [0.3, 0.4) is 0 Å². The number of hydrogen-bond acceptors (Lipinski definition) is 4. The van der Waals surface area contributed by atoms with E-state index in [0.717, 1.165) is 5.82 Å². The lowest BCUT2D eigenvalue weighted by Crippen LogP contribution is -2.32. The van der Waals surface area contributed by atoms with E-state index in [0.29, 0.717) is 6.04 Å². The van der Waals surface area contributed by atoms with E-state index in [-0.39, 0.29) is 5.69 Å². The van der Waals surface area contributed by atoms with E-state index in [1.807, 2.05) is 7.05 Å². The number of carbonyl (C=O) groups is 1. The summed E-state index contributed by atoms with van der Waals surface area (Å²) in [5, 5.41) is 16.5. The summed E-state index contributed by atoms with van der Waals surface area (Å²) in [6.07, 6.45) is 7.50. The van der Waals surface area contributed by atoms with E-state index in [4.69, 9.17) is 5.11 Å². The Labute approximate surface area is 107 Å². The number of nitrogens with zero attached hydrogens (tertiary/aromatic N) is 3. The highest BCUT2D eigenvalue weighted by molar-refractivity contribution is 5.85. The summed E-state index contributed by atoms with van der Waals surface area (Å²) < 4.78 is 0. The van der Waals surface area contributed by atoms with Crippen molar-refractivity contribution in [1.82, 2.24) is 10.2 Å². The van der Waals surface area contributed by atoms with Gasteiger partial charge in [-0.15, -0.1) is 10.2 Å². The van der Waals surface area contributed by atoms with Crippen LogP contribution in [0, 0.1) is 0 Å². The lowest BCUT2D eigenvalue weighted by atomic mass is 10.1. The van der Waals surface area contributed by atoms with Gasteiger partial charge in [0.15, 0.2) is 11.5 Å². The van der Waals surface area contributed by atoms with Crippen LogP contribution in [0.25, 0.3) is 0 Å². The minimum absolute atomic E-state index is 0.00647. The van der Waals surface area contributed by atoms with E-state index in [9.17, 15) is 4.79 Å². The van der Waals surface area contributed by atoms with Gasteiger partial charge >= 0.3 is 5.97 Å². The van der Waals surface area contributed by atoms with Gasteiger partial charge in [0.2, 0.25) is 0 Å². The molecular weight excluding hydrogens is 230 g/mol. The molecule has 18 heavy (non-hydrogen) atoms. The van der Waals surface area contributed by atoms with Crippen LogP contribution in [0.5, 0.6) is 0 Å². The van der Waals surface area contributed by atoms with Crippen LogP contribution in [0.15, 0.2) is 12.1 Å². The quantitative estimate of drug-likeness (QED) is 0.833. The monoisotopic (exact) mass is 249 g/mol. The first-order valence-corrected chi connectivity index (χ1v) is 6.48. The molecule has 1 aliphatic carbocycles. The van der Waals surface area contributed by atoms with Crippen molar-refractivity contribution in [1.29, 1.82) is 0 Å². The van der Waals surface area contributed by atoms with E-state index < -0.39 is 5.97 Å². The fraction of sp³-hybridized carbons (Fsp3) is 0.615. The number of hydrogen-bond donors (Lipinski definition) is 1. The zero-order valence-electron chi connectivity index (χ0n) is 10.7. The molecule has 0 amide bonds. The van der Waals surface area contributed by atoms with Gasteiger partial charge in [0.25, 0.3) is 0 Å². The highest BCUT2D eigenvalue weighted by atomic mass is 16.4. The van der Waals surface area contributed by atoms with E-state index in [2.05, 4.69) is 15.1 Å². The molecule has 0 aliphatic heterocycles. The van der Waals surface area contributed by atoms with Gasteiger partial charge < -0.3 is 10.0 Å². The molecule has 1 N–H and O–H groups in total. The molecule has 98 valence electrons. The van der Waals surface area contributed by atoms with E-state index >= 15 is 0 Å². The van der Waals surface area contributed by atoms with Crippen molar-refractivity contribution in [2.45, 2.75) is 44.6 Å². The molecule has 5 nitrogen and oxygen atoms in total. The highest BCUT2D eigenvalue weighted by Crippen LogP contribution is 2.23. The summed E-state index contributed by atoms with van der Waals surface area (Å²) in [5.41, 5.74) is -0.00647. The molecule has 0 saturated heterocycles. The topological polar surface area (TPSA) is 66.3 Å². The average molecular weight is 249 g/mol. The lowest BCUT2D eigenvalue weighted by molar-refractivity contribution is 0.0689. The maximum Gasteiger partial charge on any atom is 0.356 e. The first kappa shape index (κ1) is 12.8. The van der Waals surface area contributed by atoms with Crippen LogP contribution in [-0.2, 0) is 0 Å². The molecule has 0 radical (unpaired) electrons. The Morgan fingerprint density at radius 3 is 2.39 bits per heavy atom. The second-order valence-corrected chi connectivity index (χ2v) is 4.84. The number of anilines is 1. The molecule has 1 heterocycles. The van der Waals surface area contributed by atoms with Gasteiger partial charge in [0.05, 0.1) is 0 Å². The SMILES string of the molecule is CN(c1ccc(C(=O)O)nn1)C1CCCCCC1. The second-order valence-electron chi connectivity index (χ2n) is 4.84. The maximum atomic E-state index is 10.7. The average Bonchev–Trinajstić information content (AvgIpc) is 2.67. The summed E-state index contributed by atoms with van der Waals surface area (Å²) >= 11 is 0. The van der Waals surface area contributed by atoms with Crippen molar-refractivity contribution >= 4 is 11.8 Å². The Morgan fingerprint density at radius 2 is 1.89 bits per heavy atom. The van der Waals surface area contributed by atoms with Crippen LogP contribution < -0.4 is 4.90 Å². The fourth-order valence-electron chi connectivity index (χ4n) is 2.46. The van der Waals surface area contributed by atoms with Gasteiger partial charge in [-0.25, -0.2) is 4.79 Å². The fourth-order valence-corrected chi connectivity index (χ4v) is 2.46. The summed E-state index contributed by atoms with van der Waals surface area (Å²) in [7, 11) is 2.01. The first-order chi connectivity index (χ1) is 8.68. The molecule has 1 aromatic heterocycles. The predicted octanol–water partition coefficient (Wildman–Crippen LogP) is 2.33. The summed E-state index contributed by atoms with van der Waals surface area (Å²) in [6, 6.07) is 3.75. The van der Waals surface area contributed by atoms with Gasteiger partial charge in [0, 0.05) is 13.1 Å². The molecule has 2 rings (SSSR count). The summed E-state index contributed by atoms with van der Waals surface area (Å²) in [4.78, 5) is 12.8. The second kappa shape index (κ2) is 5.80. The van der Waals surface area contributed by atoms with Gasteiger partial charge in [-0.1, -0.05) is 25.7 Å². The minimum atomic E-state index is -1.04. The molecule has 0 atom stereocenters. The van der Waals surface area contributed by atoms with Crippen molar-refractivity contribution in [2.24, 2.45) is 0 Å². The molecule has 1 aliphatic rings. The Kier molecular flexibility index (Phi) is 4.12. The molecule has 1 fully saturated rings. The first-order valence-electron chi connectivity index (χ1n) is 6.48. The van der Waals surface area contributed by atoms with Gasteiger partial charge in [-0.2, -0.15) is 0 Å². The van der Waals surface area contributed by atoms with E-state index in [1.165, 1.54) is 44.6 Å². The predicted molar refractivity (Wildman–Crippen MR) is 68.9 cm³/mol. The Hall–Kier alpha value is -1.65. The molecule has 0 unspecified atom stereocenters. The zero-order valence-corrected chi connectivity index (χ0v) is 10.7. The standard InChI is InChI=1S/C13H19N3O2/c1-16(10-6-4-2-3-5-7-10)12-9-8-11(13(17)18)14-15-12/h8-10H,2-7H2,1H3,(H,17,18). The number of carboxylic acids is 1. The largest absolute Gasteiger partial charge is 0.476 e. The third kappa shape index (κ3) is 2.97. The van der Waals surface area contributed by atoms with Crippen molar-refractivity contribution in [2.75, 3.05) is 11.9 Å². The summed E-state index contributed by atoms with van der Waals surface area (Å²) in [6.45, 7) is 0. The molecular formula is C13H19N3O2. The van der Waals surface area contributed by atoms with E-state index in [1.54, 1.807) is 6.07 Å². The van der Waals surface area contributed by atoms with Crippen LogP contribution in [0.1, 0.15) is 49.0 Å². The van der Waals surface area contributed by atoms with Gasteiger partial charge in [-0.3, -0.25) is 0 Å². The van der Waals surface area contributed by atoms with Crippen LogP contribution in [0.4, 0.5) is 5.82 Å². The lowest BCUT2D eigenvalue weighted by Gasteiger charge is -2.27. The van der Waals surface area contributed by atoms with Gasteiger partial charge in [-0.05, 0) is 25.0 Å². The Morgan fingerprint density at radius 1 is 1.22 bits per heavy atom. The number of aromatic carboxylic acids is 1. The number of rotatable bonds is 3. The van der Waals surface area contributed by atoms with Crippen molar-refractivity contribution in [3.63, 3.8) is 0 Å².